The molecule has 6 heteroatoms. The van der Waals surface area contributed by atoms with Gasteiger partial charge in [0, 0.05) is 36.2 Å². The molecule has 0 saturated heterocycles. The molecule has 0 heterocycles. The first kappa shape index (κ1) is 19.0. The summed E-state index contributed by atoms with van der Waals surface area (Å²) in [6, 6.07) is 10.1. The van der Waals surface area contributed by atoms with Gasteiger partial charge in [-0.3, -0.25) is 9.59 Å². The van der Waals surface area contributed by atoms with E-state index < -0.39 is 11.6 Å². The summed E-state index contributed by atoms with van der Waals surface area (Å²) in [5, 5.41) is 0. The monoisotopic (exact) mass is 373 g/mol. The van der Waals surface area contributed by atoms with Crippen LogP contribution in [0.4, 0.5) is 8.78 Å². The van der Waals surface area contributed by atoms with Crippen molar-refractivity contribution in [2.45, 2.75) is 38.8 Å². The Morgan fingerprint density at radius 2 is 1.81 bits per heavy atom. The Hall–Kier alpha value is -2.76. The fourth-order valence-electron chi connectivity index (χ4n) is 2.81. The Balaban J connectivity index is 1.61. The Kier molecular flexibility index (Phi) is 5.84. The predicted molar refractivity (Wildman–Crippen MR) is 96.5 cm³/mol. The van der Waals surface area contributed by atoms with Gasteiger partial charge >= 0.3 is 0 Å². The second-order valence-corrected chi connectivity index (χ2v) is 6.58. The van der Waals surface area contributed by atoms with Gasteiger partial charge in [0.25, 0.3) is 5.91 Å². The van der Waals surface area contributed by atoms with Crippen LogP contribution in [-0.4, -0.2) is 29.2 Å². The first-order chi connectivity index (χ1) is 13.0. The standard InChI is InChI=1S/C21H21F2NO3/c1-2-20(25)14-4-9-18(10-5-14)27-13-21(26)24(17-7-8-17)12-15-3-6-16(22)11-19(15)23/h3-6,9-11,17H,2,7-8,12-13H2,1H3. The van der Waals surface area contributed by atoms with Gasteiger partial charge in [0.15, 0.2) is 12.4 Å². The van der Waals surface area contributed by atoms with Crippen LogP contribution in [0.3, 0.4) is 0 Å². The number of carbonyl (C=O) groups excluding carboxylic acids is 2. The second-order valence-electron chi connectivity index (χ2n) is 6.58. The summed E-state index contributed by atoms with van der Waals surface area (Å²) in [7, 11) is 0. The molecule has 3 rings (SSSR count). The Morgan fingerprint density at radius 3 is 2.41 bits per heavy atom. The SMILES string of the molecule is CCC(=O)c1ccc(OCC(=O)N(Cc2ccc(F)cc2F)C2CC2)cc1. The van der Waals surface area contributed by atoms with Crippen LogP contribution in [0.2, 0.25) is 0 Å². The third-order valence-electron chi connectivity index (χ3n) is 4.52. The van der Waals surface area contributed by atoms with Crippen LogP contribution in [0.1, 0.15) is 42.1 Å². The molecule has 0 N–H and O–H groups in total. The highest BCUT2D eigenvalue weighted by Crippen LogP contribution is 2.29. The van der Waals surface area contributed by atoms with Crippen molar-refractivity contribution in [1.29, 1.82) is 0 Å². The number of hydrogen-bond donors (Lipinski definition) is 0. The van der Waals surface area contributed by atoms with Gasteiger partial charge in [-0.25, -0.2) is 8.78 Å². The number of Topliss-reactive ketones (excluding diaryl/α,β-unsaturated/α-hetero) is 1. The summed E-state index contributed by atoms with van der Waals surface area (Å²) in [5.41, 5.74) is 0.877. The lowest BCUT2D eigenvalue weighted by Gasteiger charge is -2.23. The van der Waals surface area contributed by atoms with Crippen molar-refractivity contribution < 1.29 is 23.1 Å². The summed E-state index contributed by atoms with van der Waals surface area (Å²) in [5.74, 6) is -1.03. The Bertz CT molecular complexity index is 832. The summed E-state index contributed by atoms with van der Waals surface area (Å²) in [6.45, 7) is 1.70. The zero-order chi connectivity index (χ0) is 19.4. The minimum atomic E-state index is -0.662. The number of amides is 1. The second kappa shape index (κ2) is 8.29. The van der Waals surface area contributed by atoms with E-state index >= 15 is 0 Å². The average molecular weight is 373 g/mol. The van der Waals surface area contributed by atoms with Crippen molar-refractivity contribution in [1.82, 2.24) is 4.90 Å². The van der Waals surface area contributed by atoms with Crippen molar-refractivity contribution in [2.75, 3.05) is 6.61 Å². The Morgan fingerprint density at radius 1 is 1.11 bits per heavy atom. The summed E-state index contributed by atoms with van der Waals surface area (Å²) in [4.78, 5) is 25.8. The number of halogens is 2. The Labute approximate surface area is 156 Å². The maximum atomic E-state index is 13.9. The molecule has 2 aromatic rings. The van der Waals surface area contributed by atoms with Crippen molar-refractivity contribution in [2.24, 2.45) is 0 Å². The molecule has 2 aromatic carbocycles. The number of nitrogens with zero attached hydrogens (tertiary/aromatic N) is 1. The number of carbonyl (C=O) groups is 2. The maximum Gasteiger partial charge on any atom is 0.261 e. The molecular weight excluding hydrogens is 352 g/mol. The van der Waals surface area contributed by atoms with Crippen LogP contribution in [-0.2, 0) is 11.3 Å². The lowest BCUT2D eigenvalue weighted by atomic mass is 10.1. The molecule has 0 atom stereocenters. The third kappa shape index (κ3) is 4.90. The summed E-state index contributed by atoms with van der Waals surface area (Å²) < 4.78 is 32.5. The van der Waals surface area contributed by atoms with E-state index in [2.05, 4.69) is 0 Å². The normalized spacial score (nSPS) is 13.3. The van der Waals surface area contributed by atoms with Gasteiger partial charge in [-0.15, -0.1) is 0 Å². The molecule has 1 saturated carbocycles. The zero-order valence-corrected chi connectivity index (χ0v) is 15.1. The van der Waals surface area contributed by atoms with Gasteiger partial charge in [0.05, 0.1) is 0 Å². The van der Waals surface area contributed by atoms with Crippen molar-refractivity contribution in [3.63, 3.8) is 0 Å². The van der Waals surface area contributed by atoms with Gasteiger partial charge in [0.2, 0.25) is 0 Å². The molecule has 0 aromatic heterocycles. The van der Waals surface area contributed by atoms with Crippen LogP contribution in [0.25, 0.3) is 0 Å². The van der Waals surface area contributed by atoms with E-state index in [1.165, 1.54) is 12.1 Å². The maximum absolute atomic E-state index is 13.9. The van der Waals surface area contributed by atoms with Crippen molar-refractivity contribution in [3.05, 3.63) is 65.2 Å². The zero-order valence-electron chi connectivity index (χ0n) is 15.1. The molecule has 0 radical (unpaired) electrons. The molecule has 1 fully saturated rings. The molecule has 142 valence electrons. The van der Waals surface area contributed by atoms with Crippen LogP contribution >= 0.6 is 0 Å². The average Bonchev–Trinajstić information content (AvgIpc) is 3.50. The number of ketones is 1. The van der Waals surface area contributed by atoms with E-state index in [4.69, 9.17) is 4.74 Å². The highest BCUT2D eigenvalue weighted by Gasteiger charge is 2.33. The topological polar surface area (TPSA) is 46.6 Å². The van der Waals surface area contributed by atoms with Crippen LogP contribution in [0, 0.1) is 11.6 Å². The van der Waals surface area contributed by atoms with Gasteiger partial charge in [-0.05, 0) is 43.2 Å². The number of ether oxygens (including phenoxy) is 1. The predicted octanol–water partition coefficient (Wildman–Crippen LogP) is 4.13. The molecule has 0 spiro atoms. The lowest BCUT2D eigenvalue weighted by molar-refractivity contribution is -0.134. The van der Waals surface area contributed by atoms with E-state index in [9.17, 15) is 18.4 Å². The minimum absolute atomic E-state index is 0.0406. The molecule has 0 unspecified atom stereocenters. The van der Waals surface area contributed by atoms with E-state index in [0.717, 1.165) is 18.9 Å². The molecule has 4 nitrogen and oxygen atoms in total. The van der Waals surface area contributed by atoms with E-state index in [1.807, 2.05) is 0 Å². The molecule has 1 aliphatic rings. The number of hydrogen-bond acceptors (Lipinski definition) is 3. The van der Waals surface area contributed by atoms with Crippen LogP contribution in [0.15, 0.2) is 42.5 Å². The third-order valence-corrected chi connectivity index (χ3v) is 4.52. The molecule has 27 heavy (non-hydrogen) atoms. The summed E-state index contributed by atoms with van der Waals surface area (Å²) >= 11 is 0. The van der Waals surface area contributed by atoms with Gasteiger partial charge < -0.3 is 9.64 Å². The largest absolute Gasteiger partial charge is 0.484 e. The number of rotatable bonds is 8. The fourth-order valence-corrected chi connectivity index (χ4v) is 2.81. The van der Waals surface area contributed by atoms with E-state index in [1.54, 1.807) is 36.1 Å². The highest BCUT2D eigenvalue weighted by molar-refractivity contribution is 5.95. The molecular formula is C21H21F2NO3. The van der Waals surface area contributed by atoms with Gasteiger partial charge in [-0.1, -0.05) is 13.0 Å². The highest BCUT2D eigenvalue weighted by atomic mass is 19.1. The first-order valence-corrected chi connectivity index (χ1v) is 8.97. The first-order valence-electron chi connectivity index (χ1n) is 8.97. The van der Waals surface area contributed by atoms with E-state index in [-0.39, 0.29) is 36.4 Å². The van der Waals surface area contributed by atoms with Gasteiger partial charge in [-0.2, -0.15) is 0 Å². The molecule has 1 amide bonds. The van der Waals surface area contributed by atoms with Crippen molar-refractivity contribution in [3.8, 4) is 5.75 Å². The van der Waals surface area contributed by atoms with E-state index in [0.29, 0.717) is 17.7 Å². The van der Waals surface area contributed by atoms with Crippen LogP contribution < -0.4 is 4.74 Å². The quantitative estimate of drug-likeness (QED) is 0.654. The van der Waals surface area contributed by atoms with Gasteiger partial charge in [0.1, 0.15) is 17.4 Å². The van der Waals surface area contributed by atoms with Crippen LogP contribution in [0.5, 0.6) is 5.75 Å². The number of benzene rings is 2. The fraction of sp³-hybridized carbons (Fsp3) is 0.333. The molecule has 0 bridgehead atoms. The summed E-state index contributed by atoms with van der Waals surface area (Å²) in [6.07, 6.45) is 2.15. The van der Waals surface area contributed by atoms with Crippen molar-refractivity contribution >= 4 is 11.7 Å². The molecule has 1 aliphatic carbocycles. The minimum Gasteiger partial charge on any atom is -0.484 e. The smallest absolute Gasteiger partial charge is 0.261 e. The lowest BCUT2D eigenvalue weighted by Crippen LogP contribution is -2.36. The molecule has 0 aliphatic heterocycles.